The molecule has 0 amide bonds. The molecule has 3 aromatic rings. The first kappa shape index (κ1) is 9.67. The summed E-state index contributed by atoms with van der Waals surface area (Å²) >= 11 is 3.49. The summed E-state index contributed by atoms with van der Waals surface area (Å²) in [6.07, 6.45) is 3.58. The van der Waals surface area contributed by atoms with Crippen molar-refractivity contribution in [3.05, 3.63) is 28.1 Å². The van der Waals surface area contributed by atoms with Crippen molar-refractivity contribution < 1.29 is 0 Å². The molecule has 3 nitrogen and oxygen atoms in total. The maximum absolute atomic E-state index is 6.26. The van der Waals surface area contributed by atoms with Crippen molar-refractivity contribution in [2.24, 2.45) is 0 Å². The Morgan fingerprint density at radius 3 is 3.12 bits per heavy atom. The Balaban J connectivity index is 2.02. The highest BCUT2D eigenvalue weighted by Crippen LogP contribution is 2.37. The molecule has 1 aliphatic carbocycles. The molecule has 0 radical (unpaired) electrons. The number of fused-ring (bicyclic) bond motifs is 3. The number of aryl methyl sites for hydroxylation is 2. The van der Waals surface area contributed by atoms with Crippen molar-refractivity contribution in [2.75, 3.05) is 5.73 Å². The van der Waals surface area contributed by atoms with Crippen LogP contribution in [0.3, 0.4) is 0 Å². The average Bonchev–Trinajstić information content (AvgIpc) is 3.00. The summed E-state index contributed by atoms with van der Waals surface area (Å²) in [7, 11) is 0. The molecule has 0 atom stereocenters. The number of hydrogen-bond donors (Lipinski definition) is 1. The lowest BCUT2D eigenvalue weighted by Gasteiger charge is -1.97. The predicted octanol–water partition coefficient (Wildman–Crippen LogP) is 3.20. The van der Waals surface area contributed by atoms with Gasteiger partial charge in [0.2, 0.25) is 0 Å². The first-order chi connectivity index (χ1) is 8.34. The van der Waals surface area contributed by atoms with Crippen LogP contribution >= 0.6 is 22.7 Å². The van der Waals surface area contributed by atoms with Crippen molar-refractivity contribution >= 4 is 33.5 Å². The van der Waals surface area contributed by atoms with E-state index in [1.54, 1.807) is 22.7 Å². The summed E-state index contributed by atoms with van der Waals surface area (Å²) in [4.78, 5) is 8.36. The maximum atomic E-state index is 6.26. The van der Waals surface area contributed by atoms with E-state index < -0.39 is 0 Å². The average molecular weight is 261 g/mol. The van der Waals surface area contributed by atoms with E-state index >= 15 is 0 Å². The predicted molar refractivity (Wildman–Crippen MR) is 72.8 cm³/mol. The topological polar surface area (TPSA) is 43.3 Å². The summed E-state index contributed by atoms with van der Waals surface area (Å²) in [6, 6.07) is 4.12. The Kier molecular flexibility index (Phi) is 1.90. The largest absolute Gasteiger partial charge is 0.383 e. The van der Waals surface area contributed by atoms with E-state index in [9.17, 15) is 0 Å². The molecule has 0 bridgehead atoms. The zero-order valence-corrected chi connectivity index (χ0v) is 10.8. The van der Waals surface area contributed by atoms with Gasteiger partial charge in [-0.3, -0.25) is 4.40 Å². The van der Waals surface area contributed by atoms with Crippen LogP contribution in [0, 0.1) is 0 Å². The highest BCUT2D eigenvalue weighted by molar-refractivity contribution is 7.17. The van der Waals surface area contributed by atoms with Crippen LogP contribution in [0.5, 0.6) is 0 Å². The number of anilines is 1. The number of imidazole rings is 1. The third-order valence-corrected chi connectivity index (χ3v) is 5.28. The van der Waals surface area contributed by atoms with Crippen LogP contribution in [0.2, 0.25) is 0 Å². The Hall–Kier alpha value is -1.33. The number of thiazole rings is 1. The highest BCUT2D eigenvalue weighted by Gasteiger charge is 2.22. The standard InChI is InChI=1S/C12H11N3S2/c13-11-10(9-5-2-6-16-9)14-12-15(11)7-3-1-4-8(7)17-12/h2,5-6H,1,3-4,13H2. The number of nitrogens with two attached hydrogens (primary N) is 1. The fraction of sp³-hybridized carbons (Fsp3) is 0.250. The molecule has 0 saturated carbocycles. The molecule has 17 heavy (non-hydrogen) atoms. The van der Waals surface area contributed by atoms with Gasteiger partial charge >= 0.3 is 0 Å². The summed E-state index contributed by atoms with van der Waals surface area (Å²) in [5.41, 5.74) is 8.59. The Bertz CT molecular complexity index is 691. The number of rotatable bonds is 1. The lowest BCUT2D eigenvalue weighted by Crippen LogP contribution is -1.96. The van der Waals surface area contributed by atoms with Gasteiger partial charge in [-0.1, -0.05) is 6.07 Å². The van der Waals surface area contributed by atoms with Crippen molar-refractivity contribution in [2.45, 2.75) is 19.3 Å². The molecule has 0 aromatic carbocycles. The van der Waals surface area contributed by atoms with Crippen LogP contribution < -0.4 is 5.73 Å². The Morgan fingerprint density at radius 2 is 2.29 bits per heavy atom. The molecule has 3 heterocycles. The SMILES string of the molecule is Nc1c(-c2cccs2)nc2sc3c(n12)CCC3. The number of aromatic nitrogens is 2. The lowest BCUT2D eigenvalue weighted by atomic mass is 10.3. The van der Waals surface area contributed by atoms with Gasteiger partial charge in [-0.2, -0.15) is 0 Å². The van der Waals surface area contributed by atoms with Gasteiger partial charge in [0.1, 0.15) is 11.5 Å². The minimum Gasteiger partial charge on any atom is -0.383 e. The molecule has 5 heteroatoms. The number of nitrogens with zero attached hydrogens (tertiary/aromatic N) is 2. The van der Waals surface area contributed by atoms with Gasteiger partial charge in [0.15, 0.2) is 4.96 Å². The van der Waals surface area contributed by atoms with E-state index in [-0.39, 0.29) is 0 Å². The zero-order chi connectivity index (χ0) is 11.4. The van der Waals surface area contributed by atoms with Crippen molar-refractivity contribution in [1.29, 1.82) is 0 Å². The first-order valence-corrected chi connectivity index (χ1v) is 7.36. The van der Waals surface area contributed by atoms with Crippen LogP contribution in [0.4, 0.5) is 5.82 Å². The fourth-order valence-corrected chi connectivity index (χ4v) is 4.43. The molecular formula is C12H11N3S2. The van der Waals surface area contributed by atoms with E-state index in [2.05, 4.69) is 20.8 Å². The van der Waals surface area contributed by atoms with Crippen LogP contribution in [0.15, 0.2) is 17.5 Å². The molecule has 0 saturated heterocycles. The molecule has 0 aliphatic heterocycles. The molecular weight excluding hydrogens is 250 g/mol. The molecule has 2 N–H and O–H groups in total. The van der Waals surface area contributed by atoms with E-state index in [0.29, 0.717) is 0 Å². The second-order valence-corrected chi connectivity index (χ2v) is 6.28. The molecule has 3 aromatic heterocycles. The van der Waals surface area contributed by atoms with E-state index in [4.69, 9.17) is 5.73 Å². The van der Waals surface area contributed by atoms with Gasteiger partial charge in [-0.15, -0.1) is 22.7 Å². The highest BCUT2D eigenvalue weighted by atomic mass is 32.1. The van der Waals surface area contributed by atoms with Gasteiger partial charge in [0.25, 0.3) is 0 Å². The van der Waals surface area contributed by atoms with E-state index in [1.807, 2.05) is 6.07 Å². The van der Waals surface area contributed by atoms with Gasteiger partial charge in [-0.25, -0.2) is 4.98 Å². The van der Waals surface area contributed by atoms with Crippen molar-refractivity contribution in [3.8, 4) is 10.6 Å². The smallest absolute Gasteiger partial charge is 0.196 e. The van der Waals surface area contributed by atoms with E-state index in [0.717, 1.165) is 27.8 Å². The summed E-state index contributed by atoms with van der Waals surface area (Å²) in [5, 5.41) is 2.06. The second kappa shape index (κ2) is 3.34. The molecule has 86 valence electrons. The fourth-order valence-electron chi connectivity index (χ4n) is 2.49. The van der Waals surface area contributed by atoms with E-state index in [1.165, 1.54) is 23.4 Å². The van der Waals surface area contributed by atoms with Gasteiger partial charge < -0.3 is 5.73 Å². The number of hydrogen-bond acceptors (Lipinski definition) is 4. The molecule has 0 spiro atoms. The van der Waals surface area contributed by atoms with Gasteiger partial charge in [0, 0.05) is 10.6 Å². The molecule has 4 rings (SSSR count). The Labute approximate surface area is 107 Å². The van der Waals surface area contributed by atoms with Crippen LogP contribution in [0.1, 0.15) is 17.0 Å². The minimum absolute atomic E-state index is 0.807. The van der Waals surface area contributed by atoms with Gasteiger partial charge in [0.05, 0.1) is 4.88 Å². The lowest BCUT2D eigenvalue weighted by molar-refractivity contribution is 0.890. The number of nitrogen functional groups attached to an aromatic ring is 1. The molecule has 0 fully saturated rings. The van der Waals surface area contributed by atoms with Crippen molar-refractivity contribution in [1.82, 2.24) is 9.38 Å². The third kappa shape index (κ3) is 1.23. The summed E-state index contributed by atoms with van der Waals surface area (Å²) < 4.78 is 2.15. The summed E-state index contributed by atoms with van der Waals surface area (Å²) in [6.45, 7) is 0. The zero-order valence-electron chi connectivity index (χ0n) is 9.14. The third-order valence-electron chi connectivity index (χ3n) is 3.26. The number of thiophene rings is 1. The van der Waals surface area contributed by atoms with Crippen molar-refractivity contribution in [3.63, 3.8) is 0 Å². The monoisotopic (exact) mass is 261 g/mol. The van der Waals surface area contributed by atoms with Crippen LogP contribution in [0.25, 0.3) is 15.5 Å². The summed E-state index contributed by atoms with van der Waals surface area (Å²) in [5.74, 6) is 0.807. The maximum Gasteiger partial charge on any atom is 0.196 e. The Morgan fingerprint density at radius 1 is 1.35 bits per heavy atom. The van der Waals surface area contributed by atoms with Crippen LogP contribution in [-0.4, -0.2) is 9.38 Å². The molecule has 0 unspecified atom stereocenters. The first-order valence-electron chi connectivity index (χ1n) is 5.67. The quantitative estimate of drug-likeness (QED) is 0.731. The minimum atomic E-state index is 0.807. The van der Waals surface area contributed by atoms with Crippen LogP contribution in [-0.2, 0) is 12.8 Å². The van der Waals surface area contributed by atoms with Gasteiger partial charge in [-0.05, 0) is 30.7 Å². The second-order valence-electron chi connectivity index (χ2n) is 4.27. The molecule has 1 aliphatic rings. The normalized spacial score (nSPS) is 14.6.